The average molecular weight is 851 g/mol. The predicted molar refractivity (Wildman–Crippen MR) is 220 cm³/mol. The minimum Gasteiger partial charge on any atom is -0.462 e. The maximum Gasteiger partial charge on any atom is 0.306 e. The molecule has 11 unspecified atom stereocenters. The third-order valence-electron chi connectivity index (χ3n) is 11.3. The van der Waals surface area contributed by atoms with E-state index in [1.54, 1.807) is 0 Å². The van der Waals surface area contributed by atoms with Crippen LogP contribution < -0.4 is 0 Å². The van der Waals surface area contributed by atoms with E-state index in [2.05, 4.69) is 6.92 Å². The van der Waals surface area contributed by atoms with Crippen molar-refractivity contribution in [3.8, 4) is 0 Å². The smallest absolute Gasteiger partial charge is 0.306 e. The van der Waals surface area contributed by atoms with Gasteiger partial charge in [-0.1, -0.05) is 149 Å². The zero-order valence-electron chi connectivity index (χ0n) is 36.3. The fourth-order valence-corrected chi connectivity index (χ4v) is 7.49. The molecule has 2 fully saturated rings. The molecule has 0 aromatic carbocycles. The first kappa shape index (κ1) is 53.6. The summed E-state index contributed by atoms with van der Waals surface area (Å²) < 4.78 is 32.9. The van der Waals surface area contributed by atoms with Gasteiger partial charge >= 0.3 is 11.9 Å². The summed E-state index contributed by atoms with van der Waals surface area (Å²) in [7, 11) is 0. The van der Waals surface area contributed by atoms with Crippen molar-refractivity contribution in [2.24, 2.45) is 0 Å². The second-order valence-electron chi connectivity index (χ2n) is 16.6. The Balaban J connectivity index is 1.63. The number of hydrogen-bond acceptors (Lipinski definition) is 15. The van der Waals surface area contributed by atoms with Crippen molar-refractivity contribution in [1.82, 2.24) is 0 Å². The van der Waals surface area contributed by atoms with Gasteiger partial charge in [0.2, 0.25) is 0 Å². The normalized spacial score (nSPS) is 27.7. The van der Waals surface area contributed by atoms with Gasteiger partial charge in [-0.25, -0.2) is 0 Å². The van der Waals surface area contributed by atoms with Crippen LogP contribution in [0.4, 0.5) is 0 Å². The van der Waals surface area contributed by atoms with Crippen molar-refractivity contribution < 1.29 is 73.8 Å². The van der Waals surface area contributed by atoms with E-state index in [1.807, 2.05) is 6.92 Å². The van der Waals surface area contributed by atoms with Gasteiger partial charge in [-0.3, -0.25) is 9.59 Å². The summed E-state index contributed by atoms with van der Waals surface area (Å²) >= 11 is 0. The van der Waals surface area contributed by atoms with Gasteiger partial charge < -0.3 is 64.2 Å². The molecule has 59 heavy (non-hydrogen) atoms. The van der Waals surface area contributed by atoms with Gasteiger partial charge in [-0.2, -0.15) is 0 Å². The van der Waals surface area contributed by atoms with Gasteiger partial charge in [-0.05, 0) is 12.8 Å². The van der Waals surface area contributed by atoms with Gasteiger partial charge in [0, 0.05) is 12.8 Å². The molecule has 15 heteroatoms. The Morgan fingerprint density at radius 1 is 0.475 bits per heavy atom. The average Bonchev–Trinajstić information content (AvgIpc) is 3.22. The summed E-state index contributed by atoms with van der Waals surface area (Å²) in [5.41, 5.74) is 0. The van der Waals surface area contributed by atoms with Crippen molar-refractivity contribution in [3.63, 3.8) is 0 Å². The molecule has 0 aromatic rings. The summed E-state index contributed by atoms with van der Waals surface area (Å²) in [6.45, 7) is 2.21. The Bertz CT molecular complexity index is 1050. The molecule has 0 saturated carbocycles. The van der Waals surface area contributed by atoms with Gasteiger partial charge in [0.05, 0.1) is 19.8 Å². The maximum absolute atomic E-state index is 12.8. The number of rotatable bonds is 35. The van der Waals surface area contributed by atoms with E-state index in [0.717, 1.165) is 19.3 Å². The number of ether oxygens (including phenoxy) is 6. The van der Waals surface area contributed by atoms with E-state index in [-0.39, 0.29) is 26.1 Å². The molecule has 0 aliphatic carbocycles. The van der Waals surface area contributed by atoms with Gasteiger partial charge in [0.1, 0.15) is 55.4 Å². The molecule has 7 N–H and O–H groups in total. The first-order valence-corrected chi connectivity index (χ1v) is 23.1. The lowest BCUT2D eigenvalue weighted by Crippen LogP contribution is -2.61. The standard InChI is InChI=1S/C44H82O15/c1-3-5-6-7-8-9-10-11-12-13-14-15-16-17-18-19-20-21-22-23-24-25-27-36(47)57-32(29-54-35(46)26-4-2)30-55-43-42(53)40(51)38(49)34(59-43)31-56-44-41(52)39(50)37(48)33(28-45)58-44/h32-34,37-45,48-53H,3-31H2,1-2H3. The monoisotopic (exact) mass is 851 g/mol. The molecule has 2 saturated heterocycles. The molecular formula is C44H82O15. The first-order valence-electron chi connectivity index (χ1n) is 23.1. The molecule has 11 atom stereocenters. The molecule has 0 aromatic heterocycles. The predicted octanol–water partition coefficient (Wildman–Crippen LogP) is 4.87. The third kappa shape index (κ3) is 22.4. The maximum atomic E-state index is 12.8. The summed E-state index contributed by atoms with van der Waals surface area (Å²) in [6, 6.07) is 0. The van der Waals surface area contributed by atoms with Crippen LogP contribution in [0.25, 0.3) is 0 Å². The second-order valence-corrected chi connectivity index (χ2v) is 16.6. The van der Waals surface area contributed by atoms with E-state index >= 15 is 0 Å². The molecule has 15 nitrogen and oxygen atoms in total. The van der Waals surface area contributed by atoms with E-state index in [0.29, 0.717) is 12.8 Å². The molecule has 2 aliphatic rings. The van der Waals surface area contributed by atoms with E-state index < -0.39 is 92.7 Å². The molecule has 2 heterocycles. The number of hydrogen-bond donors (Lipinski definition) is 7. The fourth-order valence-electron chi connectivity index (χ4n) is 7.49. The Morgan fingerprint density at radius 2 is 0.898 bits per heavy atom. The Morgan fingerprint density at radius 3 is 1.36 bits per heavy atom. The zero-order valence-corrected chi connectivity index (χ0v) is 36.3. The lowest BCUT2D eigenvalue weighted by Gasteiger charge is -2.42. The van der Waals surface area contributed by atoms with Crippen LogP contribution in [0.2, 0.25) is 0 Å². The largest absolute Gasteiger partial charge is 0.462 e. The van der Waals surface area contributed by atoms with Crippen LogP contribution in [0.1, 0.15) is 174 Å². The molecule has 2 rings (SSSR count). The van der Waals surface area contributed by atoms with E-state index in [4.69, 9.17) is 28.4 Å². The summed E-state index contributed by atoms with van der Waals surface area (Å²) in [5.74, 6) is -0.976. The summed E-state index contributed by atoms with van der Waals surface area (Å²) in [4.78, 5) is 24.9. The van der Waals surface area contributed by atoms with Crippen molar-refractivity contribution in [3.05, 3.63) is 0 Å². The van der Waals surface area contributed by atoms with Crippen LogP contribution in [0.5, 0.6) is 0 Å². The molecule has 0 bridgehead atoms. The number of unbranched alkanes of at least 4 members (excludes halogenated alkanes) is 21. The van der Waals surface area contributed by atoms with Crippen LogP contribution in [0.3, 0.4) is 0 Å². The van der Waals surface area contributed by atoms with Crippen molar-refractivity contribution in [2.75, 3.05) is 26.4 Å². The van der Waals surface area contributed by atoms with Crippen LogP contribution in [0.15, 0.2) is 0 Å². The van der Waals surface area contributed by atoms with Gasteiger partial charge in [0.25, 0.3) is 0 Å². The highest BCUT2D eigenvalue weighted by molar-refractivity contribution is 5.70. The number of carbonyl (C=O) groups excluding carboxylic acids is 2. The van der Waals surface area contributed by atoms with Gasteiger partial charge in [-0.15, -0.1) is 0 Å². The molecule has 0 radical (unpaired) electrons. The topological polar surface area (TPSA) is 231 Å². The minimum atomic E-state index is -1.76. The van der Waals surface area contributed by atoms with Crippen LogP contribution in [-0.4, -0.2) is 142 Å². The van der Waals surface area contributed by atoms with Crippen molar-refractivity contribution in [2.45, 2.75) is 242 Å². The van der Waals surface area contributed by atoms with Crippen molar-refractivity contribution in [1.29, 1.82) is 0 Å². The zero-order chi connectivity index (χ0) is 43.3. The SMILES string of the molecule is CCCCCCCCCCCCCCCCCCCCCCCCC(=O)OC(COC(=O)CCC)COC1OC(COC2OC(CO)C(O)C(O)C2O)C(O)C(O)C1O. The van der Waals surface area contributed by atoms with Crippen LogP contribution in [0, 0.1) is 0 Å². The summed E-state index contributed by atoms with van der Waals surface area (Å²) in [6.07, 6.45) is 12.1. The van der Waals surface area contributed by atoms with E-state index in [1.165, 1.54) is 116 Å². The Hall–Kier alpha value is -1.50. The van der Waals surface area contributed by atoms with Crippen LogP contribution >= 0.6 is 0 Å². The fraction of sp³-hybridized carbons (Fsp3) is 0.955. The highest BCUT2D eigenvalue weighted by Gasteiger charge is 2.47. The molecule has 348 valence electrons. The number of esters is 2. The number of carbonyl (C=O) groups is 2. The lowest BCUT2D eigenvalue weighted by atomic mass is 9.98. The van der Waals surface area contributed by atoms with Crippen LogP contribution in [-0.2, 0) is 38.0 Å². The third-order valence-corrected chi connectivity index (χ3v) is 11.3. The van der Waals surface area contributed by atoms with Crippen molar-refractivity contribution >= 4 is 11.9 Å². The quantitative estimate of drug-likeness (QED) is 0.0333. The number of aliphatic hydroxyl groups is 7. The second kappa shape index (κ2) is 33.1. The highest BCUT2D eigenvalue weighted by Crippen LogP contribution is 2.26. The Labute approximate surface area is 353 Å². The molecular weight excluding hydrogens is 768 g/mol. The van der Waals surface area contributed by atoms with Gasteiger partial charge in [0.15, 0.2) is 18.7 Å². The highest BCUT2D eigenvalue weighted by atomic mass is 16.7. The molecule has 0 spiro atoms. The summed E-state index contributed by atoms with van der Waals surface area (Å²) in [5, 5.41) is 71.4. The van der Waals surface area contributed by atoms with E-state index in [9.17, 15) is 45.3 Å². The lowest BCUT2D eigenvalue weighted by molar-refractivity contribution is -0.332. The minimum absolute atomic E-state index is 0.170. The Kier molecular flexibility index (Phi) is 30.1. The molecule has 0 amide bonds. The molecule has 2 aliphatic heterocycles. The number of aliphatic hydroxyl groups excluding tert-OH is 7. The first-order chi connectivity index (χ1) is 28.5.